The number of rotatable bonds is 9. The smallest absolute Gasteiger partial charge is 0.0725 e. The van der Waals surface area contributed by atoms with Gasteiger partial charge in [-0.25, -0.2) is 0 Å². The summed E-state index contributed by atoms with van der Waals surface area (Å²) in [7, 11) is -1.01. The van der Waals surface area contributed by atoms with E-state index in [1.165, 1.54) is 25.7 Å². The van der Waals surface area contributed by atoms with E-state index in [1.54, 1.807) is 0 Å². The molecule has 0 N–H and O–H groups in total. The van der Waals surface area contributed by atoms with Gasteiger partial charge in [0.2, 0.25) is 0 Å². The largest absolute Gasteiger partial charge is 0.309 e. The standard InChI is InChI=1S/C10H22OS3/c1-3-5-6-7-9-10(8-4-2)11-14(12)13/h10,14H,3-9H2,1-2H3. The predicted octanol–water partition coefficient (Wildman–Crippen LogP) is 3.33. The maximum absolute atomic E-state index is 5.57. The second-order valence-corrected chi connectivity index (χ2v) is 6.93. The molecule has 0 aliphatic carbocycles. The average molecular weight is 254 g/mol. The zero-order valence-electron chi connectivity index (χ0n) is 9.20. The Balaban J connectivity index is 3.61. The zero-order valence-corrected chi connectivity index (χ0v) is 11.7. The fraction of sp³-hybridized carbons (Fsp3) is 1.00. The van der Waals surface area contributed by atoms with Crippen molar-refractivity contribution in [2.75, 3.05) is 0 Å². The molecule has 0 heterocycles. The molecule has 0 rings (SSSR count). The highest BCUT2D eigenvalue weighted by atomic mass is 33.1. The first kappa shape index (κ1) is 14.8. The van der Waals surface area contributed by atoms with E-state index in [2.05, 4.69) is 13.8 Å². The van der Waals surface area contributed by atoms with Crippen LogP contribution in [0.15, 0.2) is 0 Å². The molecule has 86 valence electrons. The topological polar surface area (TPSA) is 9.23 Å². The number of unbranched alkanes of at least 4 members (excludes halogenated alkanes) is 3. The molecular weight excluding hydrogens is 232 g/mol. The Morgan fingerprint density at radius 3 is 2.21 bits per heavy atom. The maximum atomic E-state index is 5.57. The average Bonchev–Trinajstić information content (AvgIpc) is 2.12. The second-order valence-electron chi connectivity index (χ2n) is 3.59. The summed E-state index contributed by atoms with van der Waals surface area (Å²) in [6, 6.07) is 0. The van der Waals surface area contributed by atoms with Crippen LogP contribution in [0, 0.1) is 0 Å². The monoisotopic (exact) mass is 254 g/mol. The fourth-order valence-corrected chi connectivity index (χ4v) is 2.68. The van der Waals surface area contributed by atoms with Crippen LogP contribution < -0.4 is 0 Å². The molecule has 4 heteroatoms. The van der Waals surface area contributed by atoms with E-state index in [0.717, 1.165) is 19.3 Å². The molecule has 0 amide bonds. The molecule has 0 aromatic carbocycles. The van der Waals surface area contributed by atoms with E-state index >= 15 is 0 Å². The fourth-order valence-electron chi connectivity index (χ4n) is 1.49. The van der Waals surface area contributed by atoms with Gasteiger partial charge >= 0.3 is 0 Å². The molecular formula is C10H22OS3. The lowest BCUT2D eigenvalue weighted by molar-refractivity contribution is 0.211. The third-order valence-corrected chi connectivity index (χ3v) is 3.21. The van der Waals surface area contributed by atoms with E-state index in [9.17, 15) is 0 Å². The highest BCUT2D eigenvalue weighted by Gasteiger charge is 2.06. The van der Waals surface area contributed by atoms with Gasteiger partial charge in [-0.2, -0.15) is 0 Å². The van der Waals surface area contributed by atoms with Crippen molar-refractivity contribution in [3.63, 3.8) is 0 Å². The lowest BCUT2D eigenvalue weighted by Gasteiger charge is -2.14. The van der Waals surface area contributed by atoms with Crippen molar-refractivity contribution < 1.29 is 4.18 Å². The van der Waals surface area contributed by atoms with Crippen LogP contribution in [0.2, 0.25) is 0 Å². The van der Waals surface area contributed by atoms with Crippen molar-refractivity contribution in [1.82, 2.24) is 0 Å². The van der Waals surface area contributed by atoms with Crippen LogP contribution in [0.1, 0.15) is 58.8 Å². The van der Waals surface area contributed by atoms with Gasteiger partial charge < -0.3 is 4.18 Å². The van der Waals surface area contributed by atoms with Crippen LogP contribution in [0.3, 0.4) is 0 Å². The molecule has 0 saturated carbocycles. The Morgan fingerprint density at radius 2 is 1.71 bits per heavy atom. The minimum Gasteiger partial charge on any atom is -0.309 e. The minimum atomic E-state index is -1.01. The highest BCUT2D eigenvalue weighted by Crippen LogP contribution is 2.12. The Morgan fingerprint density at radius 1 is 1.00 bits per heavy atom. The number of hydrogen-bond donors (Lipinski definition) is 1. The first-order valence-electron chi connectivity index (χ1n) is 5.51. The summed E-state index contributed by atoms with van der Waals surface area (Å²) < 4.78 is 5.57. The summed E-state index contributed by atoms with van der Waals surface area (Å²) in [6.45, 7) is 4.41. The molecule has 14 heavy (non-hydrogen) atoms. The van der Waals surface area contributed by atoms with E-state index in [4.69, 9.17) is 26.6 Å². The summed E-state index contributed by atoms with van der Waals surface area (Å²) in [6.07, 6.45) is 8.92. The molecule has 0 radical (unpaired) electrons. The van der Waals surface area contributed by atoms with Crippen LogP contribution in [0.25, 0.3) is 0 Å². The Labute approximate surface area is 99.7 Å². The van der Waals surface area contributed by atoms with Crippen molar-refractivity contribution >= 4 is 30.7 Å². The van der Waals surface area contributed by atoms with Crippen molar-refractivity contribution in [3.8, 4) is 0 Å². The lowest BCUT2D eigenvalue weighted by atomic mass is 10.1. The van der Waals surface area contributed by atoms with Gasteiger partial charge in [0.25, 0.3) is 0 Å². The van der Waals surface area contributed by atoms with Gasteiger partial charge in [0.1, 0.15) is 0 Å². The van der Waals surface area contributed by atoms with Gasteiger partial charge in [-0.05, 0) is 35.2 Å². The molecule has 1 atom stereocenters. The Hall–Kier alpha value is 0.750. The van der Waals surface area contributed by atoms with Gasteiger partial charge in [0.15, 0.2) is 0 Å². The Kier molecular flexibility index (Phi) is 10.8. The highest BCUT2D eigenvalue weighted by molar-refractivity contribution is 8.44. The molecule has 0 spiro atoms. The van der Waals surface area contributed by atoms with Gasteiger partial charge in [-0.1, -0.05) is 46.0 Å². The molecule has 1 unspecified atom stereocenters. The van der Waals surface area contributed by atoms with Crippen molar-refractivity contribution in [2.45, 2.75) is 64.9 Å². The summed E-state index contributed by atoms with van der Waals surface area (Å²) in [5.41, 5.74) is 0. The molecule has 0 saturated heterocycles. The lowest BCUT2D eigenvalue weighted by Crippen LogP contribution is -2.10. The summed E-state index contributed by atoms with van der Waals surface area (Å²) in [5, 5.41) is 0. The Bertz CT molecular complexity index is 182. The van der Waals surface area contributed by atoms with Crippen LogP contribution in [-0.2, 0) is 34.9 Å². The maximum Gasteiger partial charge on any atom is 0.0725 e. The first-order chi connectivity index (χ1) is 6.70. The van der Waals surface area contributed by atoms with Crippen LogP contribution in [0.4, 0.5) is 0 Å². The SMILES string of the molecule is CCCCCCC(CCC)O[SH](=S)=S. The normalized spacial score (nSPS) is 13.4. The molecule has 0 aliphatic heterocycles. The molecule has 0 fully saturated rings. The van der Waals surface area contributed by atoms with Crippen molar-refractivity contribution in [1.29, 1.82) is 0 Å². The van der Waals surface area contributed by atoms with E-state index < -0.39 is 8.29 Å². The quantitative estimate of drug-likeness (QED) is 0.499. The van der Waals surface area contributed by atoms with Crippen LogP contribution in [0.5, 0.6) is 0 Å². The molecule has 0 bridgehead atoms. The van der Waals surface area contributed by atoms with E-state index in [1.807, 2.05) is 0 Å². The van der Waals surface area contributed by atoms with E-state index in [0.29, 0.717) is 6.10 Å². The molecule has 0 aliphatic rings. The second kappa shape index (κ2) is 10.3. The van der Waals surface area contributed by atoms with Crippen LogP contribution in [-0.4, -0.2) is 6.10 Å². The summed E-state index contributed by atoms with van der Waals surface area (Å²) in [4.78, 5) is 0. The number of hydrogen-bond acceptors (Lipinski definition) is 3. The molecule has 0 aromatic heterocycles. The van der Waals surface area contributed by atoms with Gasteiger partial charge in [-0.3, -0.25) is 0 Å². The predicted molar refractivity (Wildman–Crippen MR) is 72.0 cm³/mol. The van der Waals surface area contributed by atoms with Gasteiger partial charge in [0.05, 0.1) is 6.10 Å². The molecule has 0 aromatic rings. The van der Waals surface area contributed by atoms with Crippen molar-refractivity contribution in [2.24, 2.45) is 0 Å². The van der Waals surface area contributed by atoms with Crippen molar-refractivity contribution in [3.05, 3.63) is 0 Å². The zero-order chi connectivity index (χ0) is 10.8. The van der Waals surface area contributed by atoms with Gasteiger partial charge in [-0.15, -0.1) is 0 Å². The van der Waals surface area contributed by atoms with Crippen LogP contribution >= 0.6 is 0 Å². The first-order valence-corrected chi connectivity index (χ1v) is 8.80. The third kappa shape index (κ3) is 9.31. The summed E-state index contributed by atoms with van der Waals surface area (Å²) >= 11 is 9.86. The number of thiol groups is 1. The third-order valence-electron chi connectivity index (χ3n) is 2.23. The molecule has 1 nitrogen and oxygen atoms in total. The summed E-state index contributed by atoms with van der Waals surface area (Å²) in [5.74, 6) is 0. The minimum absolute atomic E-state index is 0.331. The van der Waals surface area contributed by atoms with E-state index in [-0.39, 0.29) is 0 Å². The van der Waals surface area contributed by atoms with Gasteiger partial charge in [0, 0.05) is 8.29 Å².